The first-order chi connectivity index (χ1) is 10.6. The highest BCUT2D eigenvalue weighted by atomic mass is 35.5. The molecule has 3 aromatic rings. The summed E-state index contributed by atoms with van der Waals surface area (Å²) in [5.41, 5.74) is 0.813. The van der Waals surface area contributed by atoms with Gasteiger partial charge in [-0.05, 0) is 30.3 Å². The van der Waals surface area contributed by atoms with E-state index >= 15 is 0 Å². The van der Waals surface area contributed by atoms with Crippen molar-refractivity contribution in [1.82, 2.24) is 10.3 Å². The number of pyridine rings is 1. The fourth-order valence-electron chi connectivity index (χ4n) is 2.39. The van der Waals surface area contributed by atoms with E-state index in [0.29, 0.717) is 27.2 Å². The number of amides is 1. The number of nitrogens with zero attached hydrogens (tertiary/aromatic N) is 1. The Bertz CT molecular complexity index is 831. The van der Waals surface area contributed by atoms with E-state index in [1.807, 2.05) is 0 Å². The topological polar surface area (TPSA) is 75.4 Å². The highest BCUT2D eigenvalue weighted by Gasteiger charge is 2.24. The summed E-state index contributed by atoms with van der Waals surface area (Å²) in [6, 6.07) is 7.92. The smallest absolute Gasteiger partial charge is 0.217 e. The molecule has 0 unspecified atom stereocenters. The molecule has 22 heavy (non-hydrogen) atoms. The van der Waals surface area contributed by atoms with Crippen LogP contribution in [0.25, 0.3) is 10.9 Å². The zero-order valence-corrected chi connectivity index (χ0v) is 12.5. The lowest BCUT2D eigenvalue weighted by Gasteiger charge is -2.18. The molecular weight excluding hydrogens is 304 g/mol. The predicted octanol–water partition coefficient (Wildman–Crippen LogP) is 3.41. The van der Waals surface area contributed by atoms with Crippen LogP contribution < -0.4 is 5.32 Å². The number of hydrogen-bond acceptors (Lipinski definition) is 4. The first-order valence-electron chi connectivity index (χ1n) is 6.64. The van der Waals surface area contributed by atoms with Gasteiger partial charge in [0.1, 0.15) is 23.1 Å². The van der Waals surface area contributed by atoms with Gasteiger partial charge >= 0.3 is 0 Å². The first kappa shape index (κ1) is 14.4. The summed E-state index contributed by atoms with van der Waals surface area (Å²) in [5.74, 6) is 0.213. The number of nitrogens with one attached hydrogen (secondary N) is 1. The van der Waals surface area contributed by atoms with Crippen LogP contribution >= 0.6 is 11.6 Å². The summed E-state index contributed by atoms with van der Waals surface area (Å²) in [6.45, 7) is 1.40. The summed E-state index contributed by atoms with van der Waals surface area (Å²) in [6.07, 6.45) is 3.07. The van der Waals surface area contributed by atoms with E-state index in [4.69, 9.17) is 16.0 Å². The van der Waals surface area contributed by atoms with E-state index in [1.54, 1.807) is 36.5 Å². The summed E-state index contributed by atoms with van der Waals surface area (Å²) in [5, 5.41) is 14.4. The van der Waals surface area contributed by atoms with Gasteiger partial charge in [-0.1, -0.05) is 11.6 Å². The molecule has 2 N–H and O–H groups in total. The monoisotopic (exact) mass is 316 g/mol. The number of aromatic hydroxyl groups is 1. The van der Waals surface area contributed by atoms with Gasteiger partial charge in [0.15, 0.2) is 0 Å². The second kappa shape index (κ2) is 5.69. The number of aromatic nitrogens is 1. The lowest BCUT2D eigenvalue weighted by Crippen LogP contribution is -2.26. The quantitative estimate of drug-likeness (QED) is 0.776. The van der Waals surface area contributed by atoms with Crippen molar-refractivity contribution in [3.8, 4) is 5.75 Å². The van der Waals surface area contributed by atoms with Crippen LogP contribution in [0.5, 0.6) is 5.75 Å². The average Bonchev–Trinajstić information content (AvgIpc) is 3.03. The highest BCUT2D eigenvalue weighted by Crippen LogP contribution is 2.38. The van der Waals surface area contributed by atoms with Crippen LogP contribution in [-0.2, 0) is 4.79 Å². The molecule has 0 spiro atoms. The van der Waals surface area contributed by atoms with Crippen LogP contribution in [0.15, 0.2) is 47.2 Å². The van der Waals surface area contributed by atoms with Crippen molar-refractivity contribution in [1.29, 1.82) is 0 Å². The van der Waals surface area contributed by atoms with Crippen LogP contribution in [0.1, 0.15) is 24.3 Å². The van der Waals surface area contributed by atoms with Crippen LogP contribution in [0.2, 0.25) is 5.02 Å². The Hall–Kier alpha value is -2.53. The fraction of sp³-hybridized carbons (Fsp3) is 0.125. The number of fused-ring (bicyclic) bond motifs is 1. The molecule has 0 aliphatic rings. The maximum absolute atomic E-state index is 11.5. The van der Waals surface area contributed by atoms with Gasteiger partial charge in [-0.15, -0.1) is 0 Å². The number of phenols is 1. The van der Waals surface area contributed by atoms with E-state index in [1.165, 1.54) is 13.2 Å². The first-order valence-corrected chi connectivity index (χ1v) is 7.02. The highest BCUT2D eigenvalue weighted by molar-refractivity contribution is 6.35. The minimum absolute atomic E-state index is 0.0323. The fourth-order valence-corrected chi connectivity index (χ4v) is 2.66. The van der Waals surface area contributed by atoms with Gasteiger partial charge in [0.2, 0.25) is 5.91 Å². The summed E-state index contributed by atoms with van der Waals surface area (Å²) >= 11 is 6.28. The van der Waals surface area contributed by atoms with Gasteiger partial charge in [-0.2, -0.15) is 0 Å². The SMILES string of the molecule is CC(=O)N[C@H](c1ccco1)c1cc(Cl)c2cccnc2c1O. The van der Waals surface area contributed by atoms with Gasteiger partial charge in [-0.25, -0.2) is 0 Å². The van der Waals surface area contributed by atoms with Crippen LogP contribution in [0.3, 0.4) is 0 Å². The van der Waals surface area contributed by atoms with E-state index < -0.39 is 6.04 Å². The molecule has 3 rings (SSSR count). The van der Waals surface area contributed by atoms with Crippen molar-refractivity contribution >= 4 is 28.4 Å². The average molecular weight is 317 g/mol. The Morgan fingerprint density at radius 3 is 2.91 bits per heavy atom. The lowest BCUT2D eigenvalue weighted by atomic mass is 10.0. The third kappa shape index (κ3) is 2.51. The maximum atomic E-state index is 11.5. The van der Waals surface area contributed by atoms with Crippen molar-refractivity contribution in [3.63, 3.8) is 0 Å². The Morgan fingerprint density at radius 2 is 2.23 bits per heavy atom. The number of hydrogen-bond donors (Lipinski definition) is 2. The van der Waals surface area contributed by atoms with Crippen LogP contribution in [-0.4, -0.2) is 16.0 Å². The number of halogens is 1. The predicted molar refractivity (Wildman–Crippen MR) is 82.8 cm³/mol. The van der Waals surface area contributed by atoms with Gasteiger partial charge in [-0.3, -0.25) is 9.78 Å². The van der Waals surface area contributed by atoms with Gasteiger partial charge in [0.05, 0.1) is 11.3 Å². The standard InChI is InChI=1S/C16H13ClN2O3/c1-9(20)19-14(13-5-3-7-22-13)11-8-12(17)10-4-2-6-18-15(10)16(11)21/h2-8,14,21H,1H3,(H,19,20)/t14-/m0/s1. The molecule has 0 fully saturated rings. The third-order valence-electron chi connectivity index (χ3n) is 3.33. The summed E-state index contributed by atoms with van der Waals surface area (Å²) < 4.78 is 5.37. The lowest BCUT2D eigenvalue weighted by molar-refractivity contribution is -0.119. The van der Waals surface area contributed by atoms with Crippen molar-refractivity contribution < 1.29 is 14.3 Å². The Morgan fingerprint density at radius 1 is 1.41 bits per heavy atom. The second-order valence-corrected chi connectivity index (χ2v) is 5.25. The number of carbonyl (C=O) groups is 1. The molecular formula is C16H13ClN2O3. The third-order valence-corrected chi connectivity index (χ3v) is 3.64. The van der Waals surface area contributed by atoms with Gasteiger partial charge in [0, 0.05) is 24.1 Å². The van der Waals surface area contributed by atoms with Crippen LogP contribution in [0, 0.1) is 0 Å². The van der Waals surface area contributed by atoms with Crippen molar-refractivity contribution in [3.05, 3.63) is 59.1 Å². The van der Waals surface area contributed by atoms with E-state index in [2.05, 4.69) is 10.3 Å². The summed E-state index contributed by atoms with van der Waals surface area (Å²) in [7, 11) is 0. The molecule has 112 valence electrons. The summed E-state index contributed by atoms with van der Waals surface area (Å²) in [4.78, 5) is 15.7. The van der Waals surface area contributed by atoms with Crippen molar-refractivity contribution in [2.45, 2.75) is 13.0 Å². The molecule has 6 heteroatoms. The van der Waals surface area contributed by atoms with Gasteiger partial charge < -0.3 is 14.8 Å². The normalized spacial score (nSPS) is 12.3. The Balaban J connectivity index is 2.22. The molecule has 2 aromatic heterocycles. The van der Waals surface area contributed by atoms with Crippen molar-refractivity contribution in [2.24, 2.45) is 0 Å². The minimum atomic E-state index is -0.642. The zero-order chi connectivity index (χ0) is 15.7. The number of rotatable bonds is 3. The zero-order valence-electron chi connectivity index (χ0n) is 11.7. The molecule has 2 heterocycles. The molecule has 0 aliphatic heterocycles. The van der Waals surface area contributed by atoms with E-state index in [-0.39, 0.29) is 11.7 Å². The number of benzene rings is 1. The molecule has 0 aliphatic carbocycles. The number of furan rings is 1. The molecule has 0 saturated heterocycles. The number of carbonyl (C=O) groups excluding carboxylic acids is 1. The molecule has 0 bridgehead atoms. The van der Waals surface area contributed by atoms with Crippen LogP contribution in [0.4, 0.5) is 0 Å². The Kier molecular flexibility index (Phi) is 3.73. The second-order valence-electron chi connectivity index (χ2n) is 4.84. The van der Waals surface area contributed by atoms with Gasteiger partial charge in [0.25, 0.3) is 0 Å². The molecule has 0 saturated carbocycles. The molecule has 0 radical (unpaired) electrons. The molecule has 1 amide bonds. The number of phenolic OH excluding ortho intramolecular Hbond substituents is 1. The van der Waals surface area contributed by atoms with Crippen molar-refractivity contribution in [2.75, 3.05) is 0 Å². The van der Waals surface area contributed by atoms with E-state index in [0.717, 1.165) is 0 Å². The maximum Gasteiger partial charge on any atom is 0.217 e. The Labute approximate surface area is 131 Å². The molecule has 5 nitrogen and oxygen atoms in total. The largest absolute Gasteiger partial charge is 0.505 e. The van der Waals surface area contributed by atoms with E-state index in [9.17, 15) is 9.90 Å². The molecule has 1 atom stereocenters. The molecule has 1 aromatic carbocycles. The minimum Gasteiger partial charge on any atom is -0.505 e.